The van der Waals surface area contributed by atoms with Crippen LogP contribution in [0.1, 0.15) is 17.0 Å². The van der Waals surface area contributed by atoms with Crippen molar-refractivity contribution in [1.29, 1.82) is 0 Å². The molecule has 7 heteroatoms. The average molecular weight is 302 g/mol. The molecule has 6 nitrogen and oxygen atoms in total. The highest BCUT2D eigenvalue weighted by Crippen LogP contribution is 2.26. The Kier molecular flexibility index (Phi) is 3.34. The third kappa shape index (κ3) is 2.47. The fraction of sp³-hybridized carbons (Fsp3) is 0.214. The van der Waals surface area contributed by atoms with E-state index < -0.39 is 0 Å². The van der Waals surface area contributed by atoms with Crippen LogP contribution in [0.3, 0.4) is 0 Å². The highest BCUT2D eigenvalue weighted by atomic mass is 32.1. The van der Waals surface area contributed by atoms with Crippen molar-refractivity contribution < 1.29 is 4.92 Å². The number of hydrogen-bond acceptors (Lipinski definition) is 5. The molecule has 0 aliphatic heterocycles. The molecule has 0 saturated carbocycles. The fourth-order valence-electron chi connectivity index (χ4n) is 2.27. The first kappa shape index (κ1) is 13.6. The maximum atomic E-state index is 11.1. The zero-order valence-corrected chi connectivity index (χ0v) is 12.5. The lowest BCUT2D eigenvalue weighted by Gasteiger charge is -2.08. The quantitative estimate of drug-likeness (QED) is 0.591. The van der Waals surface area contributed by atoms with Crippen LogP contribution in [0.5, 0.6) is 0 Å². The average Bonchev–Trinajstić information content (AvgIpc) is 2.98. The maximum Gasteiger partial charge on any atom is 0.292 e. The van der Waals surface area contributed by atoms with E-state index in [1.54, 1.807) is 23.5 Å². The summed E-state index contributed by atoms with van der Waals surface area (Å²) in [5.41, 5.74) is 3.44. The molecule has 0 aliphatic rings. The number of thiazole rings is 1. The minimum atomic E-state index is -0.362. The normalized spacial score (nSPS) is 11.0. The molecule has 0 saturated heterocycles. The standard InChI is InChI=1S/C14H14N4O2S/c1-9-3-4-11(12(7-9)18(19)20)15-8-13-10(2)16-14-17(13)5-6-21-14/h3-7,15H,8H2,1-2H3. The summed E-state index contributed by atoms with van der Waals surface area (Å²) >= 11 is 1.57. The third-order valence-electron chi connectivity index (χ3n) is 3.36. The van der Waals surface area contributed by atoms with Gasteiger partial charge in [0.25, 0.3) is 5.69 Å². The first-order chi connectivity index (χ1) is 10.1. The zero-order chi connectivity index (χ0) is 15.0. The Bertz CT molecular complexity index is 822. The Morgan fingerprint density at radius 2 is 2.24 bits per heavy atom. The predicted molar refractivity (Wildman–Crippen MR) is 83.0 cm³/mol. The van der Waals surface area contributed by atoms with Crippen molar-refractivity contribution in [2.75, 3.05) is 5.32 Å². The number of benzene rings is 1. The second kappa shape index (κ2) is 5.17. The lowest BCUT2D eigenvalue weighted by molar-refractivity contribution is -0.384. The number of hydrogen-bond donors (Lipinski definition) is 1. The van der Waals surface area contributed by atoms with Gasteiger partial charge in [0.2, 0.25) is 0 Å². The number of nitrogens with one attached hydrogen (secondary N) is 1. The molecule has 21 heavy (non-hydrogen) atoms. The fourth-order valence-corrected chi connectivity index (χ4v) is 3.05. The van der Waals surface area contributed by atoms with Gasteiger partial charge in [-0.3, -0.25) is 14.5 Å². The van der Waals surface area contributed by atoms with Gasteiger partial charge in [0.05, 0.1) is 22.9 Å². The van der Waals surface area contributed by atoms with Crippen molar-refractivity contribution in [2.24, 2.45) is 0 Å². The SMILES string of the molecule is Cc1ccc(NCc2c(C)nc3sccn23)c([N+](=O)[O-])c1. The molecule has 3 rings (SSSR count). The van der Waals surface area contributed by atoms with Crippen molar-refractivity contribution in [3.63, 3.8) is 0 Å². The summed E-state index contributed by atoms with van der Waals surface area (Å²) in [5, 5.41) is 16.2. The minimum absolute atomic E-state index is 0.0960. The van der Waals surface area contributed by atoms with Gasteiger partial charge in [0.15, 0.2) is 4.96 Å². The zero-order valence-electron chi connectivity index (χ0n) is 11.7. The van der Waals surface area contributed by atoms with Crippen LogP contribution in [0, 0.1) is 24.0 Å². The van der Waals surface area contributed by atoms with Crippen molar-refractivity contribution in [3.8, 4) is 0 Å². The predicted octanol–water partition coefficient (Wildman–Crippen LogP) is 3.53. The highest BCUT2D eigenvalue weighted by Gasteiger charge is 2.15. The van der Waals surface area contributed by atoms with Crippen LogP contribution >= 0.6 is 11.3 Å². The molecule has 0 fully saturated rings. The van der Waals surface area contributed by atoms with E-state index in [0.717, 1.165) is 21.9 Å². The number of rotatable bonds is 4. The highest BCUT2D eigenvalue weighted by molar-refractivity contribution is 7.15. The largest absolute Gasteiger partial charge is 0.374 e. The number of anilines is 1. The van der Waals surface area contributed by atoms with Gasteiger partial charge < -0.3 is 5.32 Å². The van der Waals surface area contributed by atoms with E-state index in [9.17, 15) is 10.1 Å². The Morgan fingerprint density at radius 1 is 1.43 bits per heavy atom. The van der Waals surface area contributed by atoms with Crippen molar-refractivity contribution in [1.82, 2.24) is 9.38 Å². The second-order valence-electron chi connectivity index (χ2n) is 4.83. The second-order valence-corrected chi connectivity index (χ2v) is 5.70. The lowest BCUT2D eigenvalue weighted by Crippen LogP contribution is -2.05. The maximum absolute atomic E-state index is 11.1. The molecule has 0 spiro atoms. The van der Waals surface area contributed by atoms with Gasteiger partial charge in [-0.15, -0.1) is 11.3 Å². The van der Waals surface area contributed by atoms with Gasteiger partial charge in [0.1, 0.15) is 5.69 Å². The van der Waals surface area contributed by atoms with Gasteiger partial charge in [-0.25, -0.2) is 4.98 Å². The number of nitrogens with zero attached hydrogens (tertiary/aromatic N) is 3. The van der Waals surface area contributed by atoms with Crippen LogP contribution in [0.2, 0.25) is 0 Å². The van der Waals surface area contributed by atoms with E-state index in [1.807, 2.05) is 35.9 Å². The summed E-state index contributed by atoms with van der Waals surface area (Å²) in [6.07, 6.45) is 1.96. The van der Waals surface area contributed by atoms with E-state index in [0.29, 0.717) is 12.2 Å². The van der Waals surface area contributed by atoms with Crippen molar-refractivity contribution in [2.45, 2.75) is 20.4 Å². The van der Waals surface area contributed by atoms with Gasteiger partial charge in [-0.05, 0) is 25.5 Å². The summed E-state index contributed by atoms with van der Waals surface area (Å²) in [5.74, 6) is 0. The molecular weight excluding hydrogens is 288 g/mol. The Hall–Kier alpha value is -2.41. The molecule has 3 aromatic rings. The topological polar surface area (TPSA) is 72.5 Å². The van der Waals surface area contributed by atoms with Crippen molar-refractivity contribution in [3.05, 3.63) is 56.8 Å². The first-order valence-electron chi connectivity index (χ1n) is 6.46. The minimum Gasteiger partial charge on any atom is -0.374 e. The number of nitro benzene ring substituents is 1. The molecule has 1 aromatic carbocycles. The molecule has 2 aromatic heterocycles. The molecule has 1 N–H and O–H groups in total. The third-order valence-corrected chi connectivity index (χ3v) is 4.11. The number of aryl methyl sites for hydroxylation is 2. The Labute approximate surface area is 125 Å². The van der Waals surface area contributed by atoms with Gasteiger partial charge >= 0.3 is 0 Å². The number of imidazole rings is 1. The molecule has 0 radical (unpaired) electrons. The van der Waals surface area contributed by atoms with E-state index in [4.69, 9.17) is 0 Å². The van der Waals surface area contributed by atoms with E-state index in [2.05, 4.69) is 10.3 Å². The molecule has 0 aliphatic carbocycles. The summed E-state index contributed by atoms with van der Waals surface area (Å²) < 4.78 is 2.01. The Balaban J connectivity index is 1.90. The summed E-state index contributed by atoms with van der Waals surface area (Å²) in [4.78, 5) is 16.2. The van der Waals surface area contributed by atoms with Crippen molar-refractivity contribution >= 4 is 27.7 Å². The lowest BCUT2D eigenvalue weighted by atomic mass is 10.2. The van der Waals surface area contributed by atoms with Crippen LogP contribution in [0.4, 0.5) is 11.4 Å². The number of aromatic nitrogens is 2. The van der Waals surface area contributed by atoms with Crippen LogP contribution in [-0.2, 0) is 6.54 Å². The van der Waals surface area contributed by atoms with E-state index in [1.165, 1.54) is 0 Å². The molecule has 0 atom stereocenters. The number of fused-ring (bicyclic) bond motifs is 1. The number of nitro groups is 1. The van der Waals surface area contributed by atoms with Crippen LogP contribution in [0.25, 0.3) is 4.96 Å². The summed E-state index contributed by atoms with van der Waals surface area (Å²) in [6.45, 7) is 4.28. The van der Waals surface area contributed by atoms with Gasteiger partial charge in [-0.2, -0.15) is 0 Å². The van der Waals surface area contributed by atoms with Gasteiger partial charge in [-0.1, -0.05) is 6.07 Å². The Morgan fingerprint density at radius 3 is 3.00 bits per heavy atom. The monoisotopic (exact) mass is 302 g/mol. The summed E-state index contributed by atoms with van der Waals surface area (Å²) in [7, 11) is 0. The van der Waals surface area contributed by atoms with Gasteiger partial charge in [0, 0.05) is 17.6 Å². The molecule has 0 bridgehead atoms. The first-order valence-corrected chi connectivity index (χ1v) is 7.34. The van der Waals surface area contributed by atoms with E-state index >= 15 is 0 Å². The molecular formula is C14H14N4O2S. The molecule has 0 unspecified atom stereocenters. The van der Waals surface area contributed by atoms with Crippen LogP contribution in [-0.4, -0.2) is 14.3 Å². The molecule has 0 amide bonds. The molecule has 108 valence electrons. The van der Waals surface area contributed by atoms with E-state index in [-0.39, 0.29) is 10.6 Å². The smallest absolute Gasteiger partial charge is 0.292 e. The van der Waals surface area contributed by atoms with Crippen LogP contribution in [0.15, 0.2) is 29.8 Å². The summed E-state index contributed by atoms with van der Waals surface area (Å²) in [6, 6.07) is 5.18. The molecule has 2 heterocycles. The van der Waals surface area contributed by atoms with Crippen LogP contribution < -0.4 is 5.32 Å².